The highest BCUT2D eigenvalue weighted by Crippen LogP contribution is 2.06. The Labute approximate surface area is 60.8 Å². The molecule has 0 saturated carbocycles. The summed E-state index contributed by atoms with van der Waals surface area (Å²) in [4.78, 5) is 0. The van der Waals surface area contributed by atoms with Crippen LogP contribution in [0.15, 0.2) is 24.3 Å². The summed E-state index contributed by atoms with van der Waals surface area (Å²) in [6, 6.07) is 7.89. The summed E-state index contributed by atoms with van der Waals surface area (Å²) in [5.41, 5.74) is 13.1. The van der Waals surface area contributed by atoms with Gasteiger partial charge in [-0.15, -0.1) is 0 Å². The predicted octanol–water partition coefficient (Wildman–Crippen LogP) is 0.911. The van der Waals surface area contributed by atoms with Gasteiger partial charge in [0, 0.05) is 0 Å². The molecule has 0 aliphatic carbocycles. The van der Waals surface area contributed by atoms with E-state index in [0.717, 1.165) is 5.56 Å². The maximum Gasteiger partial charge on any atom is 0.0784 e. The zero-order valence-electron chi connectivity index (χ0n) is 6.04. The number of hydrogen-bond acceptors (Lipinski definition) is 2. The summed E-state index contributed by atoms with van der Waals surface area (Å²) in [5, 5.41) is 0. The van der Waals surface area contributed by atoms with E-state index in [2.05, 4.69) is 0 Å². The van der Waals surface area contributed by atoms with Gasteiger partial charge in [0.1, 0.15) is 0 Å². The molecule has 0 heterocycles. The Balaban J connectivity index is 2.96. The lowest BCUT2D eigenvalue weighted by Gasteiger charge is -2.04. The molecule has 0 bridgehead atoms. The SMILES string of the molecule is Cc1cccc(C(N)N)c1. The van der Waals surface area contributed by atoms with Crippen LogP contribution in [-0.2, 0) is 0 Å². The number of aryl methyl sites for hydroxylation is 1. The molecule has 2 nitrogen and oxygen atoms in total. The van der Waals surface area contributed by atoms with Gasteiger partial charge in [-0.05, 0) is 12.5 Å². The number of rotatable bonds is 1. The van der Waals surface area contributed by atoms with Crippen molar-refractivity contribution in [3.8, 4) is 0 Å². The Morgan fingerprint density at radius 3 is 2.40 bits per heavy atom. The van der Waals surface area contributed by atoms with Gasteiger partial charge in [-0.3, -0.25) is 0 Å². The fraction of sp³-hybridized carbons (Fsp3) is 0.250. The van der Waals surface area contributed by atoms with E-state index < -0.39 is 0 Å². The van der Waals surface area contributed by atoms with Crippen molar-refractivity contribution in [1.29, 1.82) is 0 Å². The van der Waals surface area contributed by atoms with Crippen molar-refractivity contribution in [2.45, 2.75) is 13.1 Å². The van der Waals surface area contributed by atoms with Gasteiger partial charge >= 0.3 is 0 Å². The molecular formula is C8H12N2. The minimum atomic E-state index is -0.347. The van der Waals surface area contributed by atoms with Crippen LogP contribution in [0.3, 0.4) is 0 Å². The topological polar surface area (TPSA) is 52.0 Å². The maximum absolute atomic E-state index is 5.46. The predicted molar refractivity (Wildman–Crippen MR) is 42.3 cm³/mol. The first-order chi connectivity index (χ1) is 4.70. The van der Waals surface area contributed by atoms with E-state index in [1.165, 1.54) is 5.56 Å². The lowest BCUT2D eigenvalue weighted by molar-refractivity contribution is 0.773. The van der Waals surface area contributed by atoms with Crippen LogP contribution in [0.2, 0.25) is 0 Å². The Morgan fingerprint density at radius 2 is 2.00 bits per heavy atom. The van der Waals surface area contributed by atoms with E-state index in [-0.39, 0.29) is 6.17 Å². The molecule has 0 aliphatic rings. The largest absolute Gasteiger partial charge is 0.312 e. The van der Waals surface area contributed by atoms with Crippen LogP contribution in [0.4, 0.5) is 0 Å². The van der Waals surface area contributed by atoms with Gasteiger partial charge in [-0.2, -0.15) is 0 Å². The van der Waals surface area contributed by atoms with Crippen molar-refractivity contribution < 1.29 is 0 Å². The summed E-state index contributed by atoms with van der Waals surface area (Å²) < 4.78 is 0. The molecule has 1 rings (SSSR count). The third-order valence-corrected chi connectivity index (χ3v) is 1.43. The number of benzene rings is 1. The van der Waals surface area contributed by atoms with Gasteiger partial charge in [0.15, 0.2) is 0 Å². The van der Waals surface area contributed by atoms with E-state index in [1.54, 1.807) is 0 Å². The Kier molecular flexibility index (Phi) is 2.04. The molecule has 0 atom stereocenters. The van der Waals surface area contributed by atoms with Crippen LogP contribution in [0.1, 0.15) is 17.3 Å². The molecule has 0 spiro atoms. The molecule has 1 aromatic rings. The number of hydrogen-bond donors (Lipinski definition) is 2. The zero-order chi connectivity index (χ0) is 7.56. The van der Waals surface area contributed by atoms with Gasteiger partial charge in [-0.1, -0.05) is 29.8 Å². The van der Waals surface area contributed by atoms with Crippen LogP contribution >= 0.6 is 0 Å². The van der Waals surface area contributed by atoms with Crippen molar-refractivity contribution in [2.75, 3.05) is 0 Å². The molecule has 1 aromatic carbocycles. The third kappa shape index (κ3) is 1.56. The van der Waals surface area contributed by atoms with Crippen molar-refractivity contribution in [2.24, 2.45) is 11.5 Å². The summed E-state index contributed by atoms with van der Waals surface area (Å²) in [5.74, 6) is 0. The van der Waals surface area contributed by atoms with Crippen molar-refractivity contribution in [3.05, 3.63) is 35.4 Å². The van der Waals surface area contributed by atoms with Gasteiger partial charge in [0.05, 0.1) is 6.17 Å². The van der Waals surface area contributed by atoms with Gasteiger partial charge in [0.2, 0.25) is 0 Å². The molecule has 10 heavy (non-hydrogen) atoms. The normalized spacial score (nSPS) is 10.4. The molecular weight excluding hydrogens is 124 g/mol. The van der Waals surface area contributed by atoms with Crippen molar-refractivity contribution in [1.82, 2.24) is 0 Å². The summed E-state index contributed by atoms with van der Waals surface area (Å²) in [6.45, 7) is 2.02. The second-order valence-corrected chi connectivity index (χ2v) is 2.44. The quantitative estimate of drug-likeness (QED) is 0.564. The van der Waals surface area contributed by atoms with Crippen LogP contribution in [-0.4, -0.2) is 0 Å². The molecule has 0 aliphatic heterocycles. The van der Waals surface area contributed by atoms with Gasteiger partial charge in [0.25, 0.3) is 0 Å². The van der Waals surface area contributed by atoms with E-state index in [1.807, 2.05) is 31.2 Å². The van der Waals surface area contributed by atoms with Crippen molar-refractivity contribution in [3.63, 3.8) is 0 Å². The van der Waals surface area contributed by atoms with E-state index in [9.17, 15) is 0 Å². The van der Waals surface area contributed by atoms with Crippen LogP contribution in [0, 0.1) is 6.92 Å². The molecule has 0 amide bonds. The first-order valence-corrected chi connectivity index (χ1v) is 3.28. The highest BCUT2D eigenvalue weighted by atomic mass is 14.8. The van der Waals surface area contributed by atoms with Crippen molar-refractivity contribution >= 4 is 0 Å². The zero-order valence-corrected chi connectivity index (χ0v) is 6.04. The van der Waals surface area contributed by atoms with Crippen LogP contribution < -0.4 is 11.5 Å². The van der Waals surface area contributed by atoms with Crippen LogP contribution in [0.25, 0.3) is 0 Å². The second kappa shape index (κ2) is 2.82. The lowest BCUT2D eigenvalue weighted by atomic mass is 10.1. The highest BCUT2D eigenvalue weighted by Gasteiger charge is 1.96. The van der Waals surface area contributed by atoms with E-state index >= 15 is 0 Å². The smallest absolute Gasteiger partial charge is 0.0784 e. The van der Waals surface area contributed by atoms with Crippen LogP contribution in [0.5, 0.6) is 0 Å². The standard InChI is InChI=1S/C8H12N2/c1-6-3-2-4-7(5-6)8(9)10/h2-5,8H,9-10H2,1H3. The fourth-order valence-corrected chi connectivity index (χ4v) is 0.877. The summed E-state index contributed by atoms with van der Waals surface area (Å²) in [6.07, 6.45) is -0.347. The molecule has 4 N–H and O–H groups in total. The Morgan fingerprint density at radius 1 is 1.30 bits per heavy atom. The Bertz CT molecular complexity index is 218. The Hall–Kier alpha value is -0.860. The molecule has 54 valence electrons. The average Bonchev–Trinajstić information content (AvgIpc) is 1.88. The highest BCUT2D eigenvalue weighted by molar-refractivity contribution is 5.23. The maximum atomic E-state index is 5.46. The monoisotopic (exact) mass is 136 g/mol. The molecule has 0 radical (unpaired) electrons. The first kappa shape index (κ1) is 7.25. The summed E-state index contributed by atoms with van der Waals surface area (Å²) in [7, 11) is 0. The second-order valence-electron chi connectivity index (χ2n) is 2.44. The first-order valence-electron chi connectivity index (χ1n) is 3.28. The van der Waals surface area contributed by atoms with Gasteiger partial charge < -0.3 is 11.5 Å². The molecule has 0 fully saturated rings. The lowest BCUT2D eigenvalue weighted by Crippen LogP contribution is -2.19. The summed E-state index contributed by atoms with van der Waals surface area (Å²) >= 11 is 0. The number of nitrogens with two attached hydrogens (primary N) is 2. The minimum absolute atomic E-state index is 0.347. The molecule has 0 unspecified atom stereocenters. The molecule has 0 aromatic heterocycles. The van der Waals surface area contributed by atoms with E-state index in [0.29, 0.717) is 0 Å². The average molecular weight is 136 g/mol. The van der Waals surface area contributed by atoms with E-state index in [4.69, 9.17) is 11.5 Å². The molecule has 2 heteroatoms. The third-order valence-electron chi connectivity index (χ3n) is 1.43. The molecule has 0 saturated heterocycles. The minimum Gasteiger partial charge on any atom is -0.312 e. The fourth-order valence-electron chi connectivity index (χ4n) is 0.877. The van der Waals surface area contributed by atoms with Gasteiger partial charge in [-0.25, -0.2) is 0 Å².